The van der Waals surface area contributed by atoms with Crippen LogP contribution in [0, 0.1) is 6.92 Å². The van der Waals surface area contributed by atoms with Crippen molar-refractivity contribution in [3.8, 4) is 5.75 Å². The first-order valence-corrected chi connectivity index (χ1v) is 11.3. The molecule has 0 radical (unpaired) electrons. The van der Waals surface area contributed by atoms with Gasteiger partial charge in [-0.25, -0.2) is 9.78 Å². The van der Waals surface area contributed by atoms with Crippen LogP contribution in [0.2, 0.25) is 0 Å². The van der Waals surface area contributed by atoms with E-state index in [1.165, 1.54) is 17.5 Å². The molecule has 4 aromatic rings. The van der Waals surface area contributed by atoms with Crippen LogP contribution in [-0.4, -0.2) is 23.5 Å². The van der Waals surface area contributed by atoms with Crippen molar-refractivity contribution >= 4 is 44.8 Å². The third kappa shape index (κ3) is 5.18. The molecule has 0 fully saturated rings. The van der Waals surface area contributed by atoms with Gasteiger partial charge in [0.25, 0.3) is 5.91 Å². The monoisotopic (exact) mass is 477 g/mol. The van der Waals surface area contributed by atoms with E-state index in [9.17, 15) is 9.59 Å². The van der Waals surface area contributed by atoms with E-state index in [1.807, 2.05) is 48.7 Å². The van der Waals surface area contributed by atoms with E-state index in [2.05, 4.69) is 10.3 Å². The number of para-hydroxylation sites is 1. The smallest absolute Gasteiger partial charge is 0.341 e. The Morgan fingerprint density at radius 2 is 1.91 bits per heavy atom. The van der Waals surface area contributed by atoms with Crippen LogP contribution < -0.4 is 15.8 Å². The average molecular weight is 478 g/mol. The molecular weight excluding hydrogens is 450 g/mol. The predicted molar refractivity (Wildman–Crippen MR) is 137 cm³/mol. The fraction of sp³-hybridized carbons (Fsp3) is 0.192. The van der Waals surface area contributed by atoms with Crippen LogP contribution in [0.3, 0.4) is 0 Å². The van der Waals surface area contributed by atoms with Crippen LogP contribution >= 0.6 is 11.3 Å². The molecule has 0 aliphatic rings. The molecule has 7 nitrogen and oxygen atoms in total. The number of ether oxygens (including phenoxy) is 2. The van der Waals surface area contributed by atoms with E-state index in [-0.39, 0.29) is 26.5 Å². The molecule has 0 unspecified atom stereocenters. The van der Waals surface area contributed by atoms with E-state index in [1.54, 1.807) is 19.1 Å². The second-order valence-corrected chi connectivity index (χ2v) is 8.21. The highest BCUT2D eigenvalue weighted by Gasteiger charge is 2.19. The Bertz CT molecular complexity index is 1320. The summed E-state index contributed by atoms with van der Waals surface area (Å²) in [5.41, 5.74) is 9.41. The molecule has 3 N–H and O–H groups in total. The number of nitrogens with zero attached hydrogens (tertiary/aromatic N) is 1. The van der Waals surface area contributed by atoms with E-state index in [4.69, 9.17) is 15.2 Å². The number of aryl methyl sites for hydroxylation is 1. The van der Waals surface area contributed by atoms with Gasteiger partial charge in [0.1, 0.15) is 18.2 Å². The fourth-order valence-corrected chi connectivity index (χ4v) is 4.43. The third-order valence-electron chi connectivity index (χ3n) is 5.06. The van der Waals surface area contributed by atoms with Crippen LogP contribution in [0.1, 0.15) is 46.2 Å². The quantitative estimate of drug-likeness (QED) is 0.325. The minimum atomic E-state index is -0.433. The summed E-state index contributed by atoms with van der Waals surface area (Å²) in [5, 5.41) is 5.45. The molecule has 34 heavy (non-hydrogen) atoms. The largest absolute Gasteiger partial charge is 0.489 e. The second-order valence-electron chi connectivity index (χ2n) is 7.33. The number of nitrogens with one attached hydrogen (secondary N) is 1. The summed E-state index contributed by atoms with van der Waals surface area (Å²) < 4.78 is 11.9. The Kier molecular flexibility index (Phi) is 7.86. The molecule has 2 heterocycles. The topological polar surface area (TPSA) is 104 Å². The van der Waals surface area contributed by atoms with Crippen molar-refractivity contribution in [3.63, 3.8) is 0 Å². The standard InChI is InChI=1S/C25H23N3O4S.CH4/c1-3-31-25(30)19-12-27-23(26)21-17(14-33-22(19)21)13-32-20-11-16(10-9-15(20)2)24(29)28-18-7-5-4-6-8-18;/h4-12,14H,3,13H2,1-2H3,(H2,26,27)(H,28,29);1H4. The zero-order valence-corrected chi connectivity index (χ0v) is 19.1. The van der Waals surface area contributed by atoms with Crippen LogP contribution in [0.4, 0.5) is 11.5 Å². The number of fused-ring (bicyclic) bond motifs is 1. The molecule has 1 amide bonds. The maximum Gasteiger partial charge on any atom is 0.341 e. The lowest BCUT2D eigenvalue weighted by atomic mass is 10.1. The Hall–Kier alpha value is -3.91. The third-order valence-corrected chi connectivity index (χ3v) is 6.12. The van der Waals surface area contributed by atoms with Crippen molar-refractivity contribution in [1.29, 1.82) is 0 Å². The lowest BCUT2D eigenvalue weighted by Crippen LogP contribution is -2.12. The lowest BCUT2D eigenvalue weighted by Gasteiger charge is -2.12. The zero-order valence-electron chi connectivity index (χ0n) is 18.3. The SMILES string of the molecule is C.CCOC(=O)c1cnc(N)c2c(COc3cc(C(=O)Nc4ccccc4)ccc3C)csc12. The Morgan fingerprint density at radius 3 is 2.65 bits per heavy atom. The highest BCUT2D eigenvalue weighted by Crippen LogP contribution is 2.34. The molecule has 0 saturated carbocycles. The van der Waals surface area contributed by atoms with Crippen molar-refractivity contribution in [1.82, 2.24) is 4.98 Å². The molecule has 0 atom stereocenters. The van der Waals surface area contributed by atoms with Gasteiger partial charge in [0.2, 0.25) is 0 Å². The van der Waals surface area contributed by atoms with Crippen LogP contribution in [-0.2, 0) is 11.3 Å². The van der Waals surface area contributed by atoms with E-state index >= 15 is 0 Å². The van der Waals surface area contributed by atoms with Gasteiger partial charge < -0.3 is 20.5 Å². The number of esters is 1. The van der Waals surface area contributed by atoms with Gasteiger partial charge in [0.15, 0.2) is 0 Å². The molecule has 0 aliphatic carbocycles. The Morgan fingerprint density at radius 1 is 1.15 bits per heavy atom. The molecule has 0 spiro atoms. The number of rotatable bonds is 7. The average Bonchev–Trinajstić information content (AvgIpc) is 3.24. The first-order chi connectivity index (χ1) is 16.0. The maximum atomic E-state index is 12.7. The van der Waals surface area contributed by atoms with Gasteiger partial charge in [-0.1, -0.05) is 31.7 Å². The number of benzene rings is 2. The number of anilines is 2. The van der Waals surface area contributed by atoms with E-state index < -0.39 is 5.97 Å². The minimum Gasteiger partial charge on any atom is -0.489 e. The molecule has 0 bridgehead atoms. The van der Waals surface area contributed by atoms with Crippen LogP contribution in [0.25, 0.3) is 10.1 Å². The first-order valence-electron chi connectivity index (χ1n) is 10.4. The van der Waals surface area contributed by atoms with Crippen molar-refractivity contribution in [3.05, 3.63) is 82.4 Å². The summed E-state index contributed by atoms with van der Waals surface area (Å²) >= 11 is 1.39. The molecule has 0 aliphatic heterocycles. The predicted octanol–water partition coefficient (Wildman–Crippen LogP) is 5.83. The van der Waals surface area contributed by atoms with Gasteiger partial charge >= 0.3 is 5.97 Å². The van der Waals surface area contributed by atoms with Gasteiger partial charge in [-0.2, -0.15) is 0 Å². The summed E-state index contributed by atoms with van der Waals surface area (Å²) in [6.07, 6.45) is 1.44. The number of hydrogen-bond acceptors (Lipinski definition) is 7. The summed E-state index contributed by atoms with van der Waals surface area (Å²) in [5.74, 6) is 0.255. The van der Waals surface area contributed by atoms with Gasteiger partial charge in [-0.3, -0.25) is 4.79 Å². The summed E-state index contributed by atoms with van der Waals surface area (Å²) in [6, 6.07) is 14.6. The number of carbonyl (C=O) groups is 2. The summed E-state index contributed by atoms with van der Waals surface area (Å²) in [6.45, 7) is 4.15. The summed E-state index contributed by atoms with van der Waals surface area (Å²) in [7, 11) is 0. The van der Waals surface area contributed by atoms with Crippen LogP contribution in [0.5, 0.6) is 5.75 Å². The molecule has 8 heteroatoms. The number of carbonyl (C=O) groups excluding carboxylic acids is 2. The number of nitrogens with two attached hydrogens (primary N) is 1. The van der Waals surface area contributed by atoms with Crippen molar-refractivity contribution in [2.45, 2.75) is 27.9 Å². The van der Waals surface area contributed by atoms with Crippen molar-refractivity contribution < 1.29 is 19.1 Å². The molecule has 0 saturated heterocycles. The number of hydrogen-bond donors (Lipinski definition) is 2. The van der Waals surface area contributed by atoms with E-state index in [0.717, 1.165) is 16.8 Å². The number of pyridine rings is 1. The molecule has 2 aromatic carbocycles. The lowest BCUT2D eigenvalue weighted by molar-refractivity contribution is 0.0528. The normalized spacial score (nSPS) is 10.4. The van der Waals surface area contributed by atoms with Gasteiger partial charge in [-0.05, 0) is 49.1 Å². The van der Waals surface area contributed by atoms with E-state index in [0.29, 0.717) is 32.8 Å². The molecule has 4 rings (SSSR count). The van der Waals surface area contributed by atoms with Crippen molar-refractivity contribution in [2.75, 3.05) is 17.7 Å². The van der Waals surface area contributed by atoms with Gasteiger partial charge in [-0.15, -0.1) is 11.3 Å². The maximum absolute atomic E-state index is 12.7. The number of aromatic nitrogens is 1. The highest BCUT2D eigenvalue weighted by atomic mass is 32.1. The van der Waals surface area contributed by atoms with Gasteiger partial charge in [0.05, 0.1) is 16.9 Å². The second kappa shape index (κ2) is 10.8. The first kappa shape index (κ1) is 24.7. The fourth-order valence-electron chi connectivity index (χ4n) is 3.37. The minimum absolute atomic E-state index is 0. The molecular formula is C26H27N3O4S. The number of thiophene rings is 1. The van der Waals surface area contributed by atoms with Crippen LogP contribution in [0.15, 0.2) is 60.1 Å². The Labute approximate surface area is 202 Å². The molecule has 176 valence electrons. The number of nitrogen functional groups attached to an aromatic ring is 1. The zero-order chi connectivity index (χ0) is 23.4. The Balaban J connectivity index is 0.00000324. The number of amides is 1. The van der Waals surface area contributed by atoms with Crippen molar-refractivity contribution in [2.24, 2.45) is 0 Å². The molecule has 2 aromatic heterocycles. The highest BCUT2D eigenvalue weighted by molar-refractivity contribution is 7.17. The summed E-state index contributed by atoms with van der Waals surface area (Å²) in [4.78, 5) is 29.1. The van der Waals surface area contributed by atoms with Gasteiger partial charge in [0, 0.05) is 28.4 Å².